The Morgan fingerprint density at radius 3 is 2.07 bits per heavy atom. The van der Waals surface area contributed by atoms with Gasteiger partial charge in [-0.3, -0.25) is 0 Å². The highest BCUT2D eigenvalue weighted by atomic mass is 14.6. The Hall–Kier alpha value is -2.77. The van der Waals surface area contributed by atoms with Gasteiger partial charge in [-0.05, 0) is 6.07 Å². The molecule has 70 valence electrons. The lowest BCUT2D eigenvalue weighted by atomic mass is 10.0. The third kappa shape index (κ3) is 1.94. The van der Waals surface area contributed by atoms with Gasteiger partial charge in [-0.1, -0.05) is 18.2 Å². The van der Waals surface area contributed by atoms with Crippen molar-refractivity contribution in [1.82, 2.24) is 0 Å². The van der Waals surface area contributed by atoms with Gasteiger partial charge >= 0.3 is 0 Å². The Morgan fingerprint density at radius 1 is 1.00 bits per heavy atom. The van der Waals surface area contributed by atoms with Gasteiger partial charge in [0.2, 0.25) is 0 Å². The summed E-state index contributed by atoms with van der Waals surface area (Å²) in [6.07, 6.45) is 0. The number of benzene rings is 1. The summed E-state index contributed by atoms with van der Waals surface area (Å²) in [4.78, 5) is 0. The van der Waals surface area contributed by atoms with E-state index in [1.54, 1.807) is 36.4 Å². The normalized spacial score (nSPS) is 8.07. The van der Waals surface area contributed by atoms with E-state index in [1.165, 1.54) is 0 Å². The molecule has 4 nitrogen and oxygen atoms in total. The van der Waals surface area contributed by atoms with E-state index >= 15 is 0 Å². The smallest absolute Gasteiger partial charge is 0.148 e. The van der Waals surface area contributed by atoms with Crippen LogP contribution in [-0.2, 0) is 0 Å². The van der Waals surface area contributed by atoms with Gasteiger partial charge < -0.3 is 5.73 Å². The molecule has 0 saturated heterocycles. The molecule has 15 heavy (non-hydrogen) atoms. The standard InChI is InChI=1S/C11H6N4/c12-5-8(6-13)10(7-14)9-3-1-2-4-11(9)15/h1-4H,15H2. The molecule has 0 fully saturated rings. The Balaban J connectivity index is 3.49. The largest absolute Gasteiger partial charge is 0.398 e. The fourth-order valence-corrected chi connectivity index (χ4v) is 1.11. The van der Waals surface area contributed by atoms with Crippen LogP contribution in [0.1, 0.15) is 5.56 Å². The molecule has 0 radical (unpaired) electrons. The monoisotopic (exact) mass is 194 g/mol. The van der Waals surface area contributed by atoms with Crippen LogP contribution in [-0.4, -0.2) is 0 Å². The van der Waals surface area contributed by atoms with Crippen molar-refractivity contribution in [3.8, 4) is 18.2 Å². The van der Waals surface area contributed by atoms with Crippen LogP contribution >= 0.6 is 0 Å². The molecule has 0 aliphatic carbocycles. The van der Waals surface area contributed by atoms with Crippen molar-refractivity contribution in [3.05, 3.63) is 35.4 Å². The lowest BCUT2D eigenvalue weighted by Crippen LogP contribution is -1.94. The Bertz CT molecular complexity index is 519. The first kappa shape index (κ1) is 10.3. The number of nitrogens with two attached hydrogens (primary N) is 1. The molecule has 0 unspecified atom stereocenters. The van der Waals surface area contributed by atoms with Gasteiger partial charge in [-0.2, -0.15) is 15.8 Å². The topological polar surface area (TPSA) is 97.4 Å². The Kier molecular flexibility index (Phi) is 3.07. The number of nitriles is 3. The van der Waals surface area contributed by atoms with Crippen LogP contribution in [0, 0.1) is 34.0 Å². The second-order valence-corrected chi connectivity index (χ2v) is 2.67. The molecular formula is C11H6N4. The average Bonchev–Trinajstić information content (AvgIpc) is 2.27. The maximum absolute atomic E-state index is 8.87. The SMILES string of the molecule is N#CC(C#N)=C(C#N)c1ccccc1N. The second kappa shape index (κ2) is 4.46. The maximum Gasteiger partial charge on any atom is 0.148 e. The van der Waals surface area contributed by atoms with Gasteiger partial charge in [-0.15, -0.1) is 0 Å². The first-order chi connectivity index (χ1) is 7.24. The van der Waals surface area contributed by atoms with Crippen molar-refractivity contribution in [1.29, 1.82) is 15.8 Å². The van der Waals surface area contributed by atoms with Gasteiger partial charge in [0.15, 0.2) is 0 Å². The number of rotatable bonds is 1. The van der Waals surface area contributed by atoms with Crippen LogP contribution in [0.2, 0.25) is 0 Å². The number of allylic oxidation sites excluding steroid dienone is 2. The van der Waals surface area contributed by atoms with E-state index in [0.29, 0.717) is 11.3 Å². The van der Waals surface area contributed by atoms with Crippen molar-refractivity contribution < 1.29 is 0 Å². The molecule has 0 saturated carbocycles. The summed E-state index contributed by atoms with van der Waals surface area (Å²) in [7, 11) is 0. The van der Waals surface area contributed by atoms with Crippen molar-refractivity contribution in [2.75, 3.05) is 5.73 Å². The molecule has 0 heterocycles. The Labute approximate surface area is 87.1 Å². The highest BCUT2D eigenvalue weighted by Crippen LogP contribution is 2.23. The highest BCUT2D eigenvalue weighted by Gasteiger charge is 2.10. The van der Waals surface area contributed by atoms with Gasteiger partial charge in [0.25, 0.3) is 0 Å². The minimum Gasteiger partial charge on any atom is -0.398 e. The highest BCUT2D eigenvalue weighted by molar-refractivity contribution is 5.88. The second-order valence-electron chi connectivity index (χ2n) is 2.67. The van der Waals surface area contributed by atoms with Gasteiger partial charge in [0.1, 0.15) is 23.8 Å². The third-order valence-corrected chi connectivity index (χ3v) is 1.82. The van der Waals surface area contributed by atoms with E-state index in [-0.39, 0.29) is 11.1 Å². The molecule has 0 aromatic heterocycles. The molecule has 0 atom stereocenters. The first-order valence-corrected chi connectivity index (χ1v) is 4.04. The van der Waals surface area contributed by atoms with Gasteiger partial charge in [0, 0.05) is 11.3 Å². The molecule has 0 bridgehead atoms. The molecule has 1 aromatic rings. The van der Waals surface area contributed by atoms with Crippen LogP contribution in [0.4, 0.5) is 5.69 Å². The fraction of sp³-hybridized carbons (Fsp3) is 0. The Morgan fingerprint density at radius 2 is 1.60 bits per heavy atom. The van der Waals surface area contributed by atoms with Crippen LogP contribution in [0.5, 0.6) is 0 Å². The number of para-hydroxylation sites is 1. The quantitative estimate of drug-likeness (QED) is 0.542. The van der Waals surface area contributed by atoms with Gasteiger partial charge in [-0.25, -0.2) is 0 Å². The summed E-state index contributed by atoms with van der Waals surface area (Å²) < 4.78 is 0. The first-order valence-electron chi connectivity index (χ1n) is 4.04. The van der Waals surface area contributed by atoms with Crippen LogP contribution in [0.25, 0.3) is 5.57 Å². The minimum atomic E-state index is -0.226. The third-order valence-electron chi connectivity index (χ3n) is 1.82. The number of hydrogen-bond donors (Lipinski definition) is 1. The lowest BCUT2D eigenvalue weighted by molar-refractivity contribution is 1.45. The van der Waals surface area contributed by atoms with Crippen LogP contribution in [0.3, 0.4) is 0 Å². The molecule has 2 N–H and O–H groups in total. The zero-order valence-electron chi connectivity index (χ0n) is 7.73. The maximum atomic E-state index is 8.87. The van der Waals surface area contributed by atoms with Gasteiger partial charge in [0.05, 0.1) is 5.57 Å². The predicted molar refractivity (Wildman–Crippen MR) is 54.6 cm³/mol. The van der Waals surface area contributed by atoms with E-state index < -0.39 is 0 Å². The zero-order valence-corrected chi connectivity index (χ0v) is 7.73. The summed E-state index contributed by atoms with van der Waals surface area (Å²) in [6.45, 7) is 0. The average molecular weight is 194 g/mol. The van der Waals surface area contributed by atoms with Crippen molar-refractivity contribution >= 4 is 11.3 Å². The summed E-state index contributed by atoms with van der Waals surface area (Å²) in [5.41, 5.74) is 6.21. The predicted octanol–water partition coefficient (Wildman–Crippen LogP) is 1.59. The minimum absolute atomic E-state index is 0.0121. The fourth-order valence-electron chi connectivity index (χ4n) is 1.11. The van der Waals surface area contributed by atoms with E-state index in [1.807, 2.05) is 6.07 Å². The van der Waals surface area contributed by atoms with E-state index in [4.69, 9.17) is 21.5 Å². The molecule has 0 aliphatic rings. The number of hydrogen-bond acceptors (Lipinski definition) is 4. The van der Waals surface area contributed by atoms with Crippen LogP contribution in [0.15, 0.2) is 29.8 Å². The van der Waals surface area contributed by atoms with E-state index in [9.17, 15) is 0 Å². The van der Waals surface area contributed by atoms with Crippen LogP contribution < -0.4 is 5.73 Å². The molecular weight excluding hydrogens is 188 g/mol. The number of nitrogens with zero attached hydrogens (tertiary/aromatic N) is 3. The zero-order chi connectivity index (χ0) is 11.3. The molecule has 0 aliphatic heterocycles. The molecule has 0 amide bonds. The number of nitrogen functional groups attached to an aromatic ring is 1. The van der Waals surface area contributed by atoms with Crippen molar-refractivity contribution in [2.24, 2.45) is 0 Å². The molecule has 1 rings (SSSR count). The number of anilines is 1. The lowest BCUT2D eigenvalue weighted by Gasteiger charge is -2.02. The summed E-state index contributed by atoms with van der Waals surface area (Å²) in [6, 6.07) is 11.8. The van der Waals surface area contributed by atoms with E-state index in [2.05, 4.69) is 0 Å². The molecule has 4 heteroatoms. The summed E-state index contributed by atoms with van der Waals surface area (Å²) >= 11 is 0. The molecule has 1 aromatic carbocycles. The summed E-state index contributed by atoms with van der Waals surface area (Å²) in [5, 5.41) is 26.2. The van der Waals surface area contributed by atoms with E-state index in [0.717, 1.165) is 0 Å². The van der Waals surface area contributed by atoms with Crippen molar-refractivity contribution in [3.63, 3.8) is 0 Å². The molecule has 0 spiro atoms. The summed E-state index contributed by atoms with van der Waals surface area (Å²) in [5.74, 6) is 0. The van der Waals surface area contributed by atoms with Crippen molar-refractivity contribution in [2.45, 2.75) is 0 Å².